The van der Waals surface area contributed by atoms with Crippen LogP contribution in [0.5, 0.6) is 0 Å². The number of halogens is 1. The molecule has 2 aromatic rings. The van der Waals surface area contributed by atoms with Crippen molar-refractivity contribution in [2.75, 3.05) is 20.6 Å². The summed E-state index contributed by atoms with van der Waals surface area (Å²) >= 11 is 0. The highest BCUT2D eigenvalue weighted by atomic mass is 35.5. The summed E-state index contributed by atoms with van der Waals surface area (Å²) in [5.74, 6) is -0.0222. The summed E-state index contributed by atoms with van der Waals surface area (Å²) in [5, 5.41) is 0. The maximum Gasteiger partial charge on any atom is 0.306 e. The number of rotatable bonds is 8. The maximum absolute atomic E-state index is 12.3. The van der Waals surface area contributed by atoms with Crippen molar-refractivity contribution < 1.29 is 9.53 Å². The Morgan fingerprint density at radius 2 is 1.58 bits per heavy atom. The minimum Gasteiger partial charge on any atom is -0.453 e. The Labute approximate surface area is 163 Å². The SMILES string of the molecule is CCC(=O)OC(Cc1ccccc1)(c1ccccc1)C(C)CN(C)C.Cl. The van der Waals surface area contributed by atoms with E-state index in [1.54, 1.807) is 0 Å². The molecule has 2 rings (SSSR count). The van der Waals surface area contributed by atoms with E-state index in [1.165, 1.54) is 5.56 Å². The van der Waals surface area contributed by atoms with Gasteiger partial charge in [-0.1, -0.05) is 74.5 Å². The first-order valence-corrected chi connectivity index (χ1v) is 8.94. The number of benzene rings is 2. The van der Waals surface area contributed by atoms with Gasteiger partial charge in [0.05, 0.1) is 0 Å². The van der Waals surface area contributed by atoms with Crippen LogP contribution in [-0.2, 0) is 21.6 Å². The van der Waals surface area contributed by atoms with Gasteiger partial charge in [0.2, 0.25) is 0 Å². The molecule has 2 atom stereocenters. The molecule has 0 saturated heterocycles. The zero-order chi connectivity index (χ0) is 18.3. The molecule has 0 N–H and O–H groups in total. The van der Waals surface area contributed by atoms with Gasteiger partial charge in [0.1, 0.15) is 5.60 Å². The number of ether oxygens (including phenoxy) is 1. The van der Waals surface area contributed by atoms with Gasteiger partial charge >= 0.3 is 5.97 Å². The highest BCUT2D eigenvalue weighted by Gasteiger charge is 2.42. The fourth-order valence-electron chi connectivity index (χ4n) is 3.35. The van der Waals surface area contributed by atoms with E-state index in [4.69, 9.17) is 4.74 Å². The van der Waals surface area contributed by atoms with Crippen molar-refractivity contribution >= 4 is 18.4 Å². The van der Waals surface area contributed by atoms with Crippen LogP contribution in [0.3, 0.4) is 0 Å². The average Bonchev–Trinajstić information content (AvgIpc) is 2.62. The smallest absolute Gasteiger partial charge is 0.306 e. The number of carbonyl (C=O) groups is 1. The van der Waals surface area contributed by atoms with Gasteiger partial charge < -0.3 is 9.64 Å². The summed E-state index contributed by atoms with van der Waals surface area (Å²) < 4.78 is 6.17. The van der Waals surface area contributed by atoms with E-state index in [2.05, 4.69) is 50.2 Å². The lowest BCUT2D eigenvalue weighted by Crippen LogP contribution is -2.44. The van der Waals surface area contributed by atoms with Crippen LogP contribution < -0.4 is 0 Å². The number of hydrogen-bond acceptors (Lipinski definition) is 3. The lowest BCUT2D eigenvalue weighted by atomic mass is 9.77. The fraction of sp³-hybridized carbons (Fsp3) is 0.409. The van der Waals surface area contributed by atoms with E-state index in [9.17, 15) is 4.79 Å². The molecule has 142 valence electrons. The summed E-state index contributed by atoms with van der Waals surface area (Å²) in [6.45, 7) is 4.84. The molecular formula is C22H30ClNO2. The summed E-state index contributed by atoms with van der Waals surface area (Å²) in [4.78, 5) is 14.5. The second-order valence-electron chi connectivity index (χ2n) is 6.91. The van der Waals surface area contributed by atoms with Crippen molar-refractivity contribution in [2.24, 2.45) is 5.92 Å². The first kappa shape index (κ1) is 22.2. The number of nitrogens with zero attached hydrogens (tertiary/aromatic N) is 1. The van der Waals surface area contributed by atoms with Crippen molar-refractivity contribution in [3.63, 3.8) is 0 Å². The normalized spacial score (nSPS) is 14.2. The van der Waals surface area contributed by atoms with Gasteiger partial charge in [-0.3, -0.25) is 4.79 Å². The zero-order valence-electron chi connectivity index (χ0n) is 16.1. The van der Waals surface area contributed by atoms with Gasteiger partial charge in [-0.15, -0.1) is 12.4 Å². The predicted molar refractivity (Wildman–Crippen MR) is 110 cm³/mol. The van der Waals surface area contributed by atoms with Crippen LogP contribution in [0.25, 0.3) is 0 Å². The van der Waals surface area contributed by atoms with Gasteiger partial charge in [-0.25, -0.2) is 0 Å². The molecule has 0 aromatic heterocycles. The molecule has 0 bridgehead atoms. The summed E-state index contributed by atoms with van der Waals surface area (Å²) in [6.07, 6.45) is 1.04. The van der Waals surface area contributed by atoms with Crippen LogP contribution in [-0.4, -0.2) is 31.5 Å². The van der Waals surface area contributed by atoms with E-state index in [1.807, 2.05) is 43.3 Å². The molecular weight excluding hydrogens is 346 g/mol. The van der Waals surface area contributed by atoms with E-state index >= 15 is 0 Å². The standard InChI is InChI=1S/C22H29NO2.ClH/c1-5-21(24)25-22(18(2)17-23(3)4,20-14-10-7-11-15-20)16-19-12-8-6-9-13-19;/h6-15,18H,5,16-17H2,1-4H3;1H. The molecule has 26 heavy (non-hydrogen) atoms. The minimum absolute atomic E-state index is 0. The van der Waals surface area contributed by atoms with Crippen LogP contribution in [0, 0.1) is 5.92 Å². The lowest BCUT2D eigenvalue weighted by molar-refractivity contribution is -0.168. The van der Waals surface area contributed by atoms with E-state index < -0.39 is 5.60 Å². The van der Waals surface area contributed by atoms with Gasteiger partial charge in [0, 0.05) is 25.3 Å². The number of hydrogen-bond donors (Lipinski definition) is 0. The van der Waals surface area contributed by atoms with E-state index in [-0.39, 0.29) is 24.3 Å². The van der Waals surface area contributed by atoms with Crippen LogP contribution in [0.1, 0.15) is 31.4 Å². The molecule has 0 aliphatic heterocycles. The Hall–Kier alpha value is -1.84. The lowest BCUT2D eigenvalue weighted by Gasteiger charge is -2.40. The zero-order valence-corrected chi connectivity index (χ0v) is 17.0. The highest BCUT2D eigenvalue weighted by Crippen LogP contribution is 2.38. The molecule has 0 heterocycles. The van der Waals surface area contributed by atoms with Crippen LogP contribution in [0.15, 0.2) is 60.7 Å². The Bertz CT molecular complexity index is 660. The van der Waals surface area contributed by atoms with Crippen LogP contribution in [0.2, 0.25) is 0 Å². The molecule has 3 nitrogen and oxygen atoms in total. The van der Waals surface area contributed by atoms with Crippen molar-refractivity contribution in [1.29, 1.82) is 0 Å². The third-order valence-corrected chi connectivity index (χ3v) is 4.59. The quantitative estimate of drug-likeness (QED) is 0.626. The average molecular weight is 376 g/mol. The van der Waals surface area contributed by atoms with Gasteiger partial charge in [0.25, 0.3) is 0 Å². The molecule has 0 saturated carbocycles. The second kappa shape index (κ2) is 10.3. The molecule has 4 heteroatoms. The minimum atomic E-state index is -0.681. The molecule has 0 fully saturated rings. The van der Waals surface area contributed by atoms with Crippen molar-refractivity contribution in [2.45, 2.75) is 32.3 Å². The van der Waals surface area contributed by atoms with E-state index in [0.717, 1.165) is 12.1 Å². The Morgan fingerprint density at radius 1 is 1.04 bits per heavy atom. The first-order valence-electron chi connectivity index (χ1n) is 8.94. The topological polar surface area (TPSA) is 29.5 Å². The molecule has 0 aliphatic rings. The fourth-order valence-corrected chi connectivity index (χ4v) is 3.35. The van der Waals surface area contributed by atoms with E-state index in [0.29, 0.717) is 12.8 Å². The molecule has 0 radical (unpaired) electrons. The second-order valence-corrected chi connectivity index (χ2v) is 6.91. The molecule has 0 aliphatic carbocycles. The third-order valence-electron chi connectivity index (χ3n) is 4.59. The molecule has 0 spiro atoms. The maximum atomic E-state index is 12.3. The molecule has 2 unspecified atom stereocenters. The summed E-state index contributed by atoms with van der Waals surface area (Å²) in [6, 6.07) is 20.4. The Kier molecular flexibility index (Phi) is 8.83. The van der Waals surface area contributed by atoms with Crippen molar-refractivity contribution in [1.82, 2.24) is 4.90 Å². The van der Waals surface area contributed by atoms with Crippen LogP contribution in [0.4, 0.5) is 0 Å². The monoisotopic (exact) mass is 375 g/mol. The molecule has 2 aromatic carbocycles. The number of esters is 1. The summed E-state index contributed by atoms with van der Waals surface area (Å²) in [7, 11) is 4.10. The first-order chi connectivity index (χ1) is 12.0. The summed E-state index contributed by atoms with van der Waals surface area (Å²) in [5.41, 5.74) is 1.54. The van der Waals surface area contributed by atoms with Gasteiger partial charge in [0.15, 0.2) is 0 Å². The van der Waals surface area contributed by atoms with Gasteiger partial charge in [-0.05, 0) is 25.2 Å². The Morgan fingerprint density at radius 3 is 2.08 bits per heavy atom. The highest BCUT2D eigenvalue weighted by molar-refractivity contribution is 5.85. The largest absolute Gasteiger partial charge is 0.453 e. The Balaban J connectivity index is 0.00000338. The molecule has 0 amide bonds. The van der Waals surface area contributed by atoms with Crippen molar-refractivity contribution in [3.05, 3.63) is 71.8 Å². The van der Waals surface area contributed by atoms with Crippen LogP contribution >= 0.6 is 12.4 Å². The number of carbonyl (C=O) groups excluding carboxylic acids is 1. The third kappa shape index (κ3) is 5.58. The van der Waals surface area contributed by atoms with Crippen molar-refractivity contribution in [3.8, 4) is 0 Å². The predicted octanol–water partition coefficient (Wildman–Crippen LogP) is 4.70. The van der Waals surface area contributed by atoms with Gasteiger partial charge in [-0.2, -0.15) is 0 Å².